The summed E-state index contributed by atoms with van der Waals surface area (Å²) in [4.78, 5) is 35.3. The zero-order valence-corrected chi connectivity index (χ0v) is 17.6. The minimum Gasteiger partial charge on any atom is -0.457 e. The van der Waals surface area contributed by atoms with Crippen LogP contribution < -0.4 is 4.72 Å². The Balaban J connectivity index is 1.83. The number of Topliss-reactive ketones (excluding diaryl/α,β-unsaturated/α-hetero) is 2. The fourth-order valence-electron chi connectivity index (χ4n) is 2.67. The highest BCUT2D eigenvalue weighted by Crippen LogP contribution is 2.14. The number of aryl methyl sites for hydroxylation is 1. The van der Waals surface area contributed by atoms with Crippen LogP contribution in [0.15, 0.2) is 35.2 Å². The van der Waals surface area contributed by atoms with Gasteiger partial charge in [-0.3, -0.25) is 14.4 Å². The molecule has 29 heavy (non-hydrogen) atoms. The molecule has 0 fully saturated rings. The number of nitrogens with one attached hydrogen (secondary N) is 1. The first kappa shape index (κ1) is 22.5. The van der Waals surface area contributed by atoms with Crippen molar-refractivity contribution in [3.05, 3.63) is 52.8 Å². The van der Waals surface area contributed by atoms with Gasteiger partial charge in [0.1, 0.15) is 0 Å². The zero-order valence-electron chi connectivity index (χ0n) is 16.8. The molecule has 0 aliphatic carbocycles. The number of sulfonamides is 1. The molecule has 0 amide bonds. The third kappa shape index (κ3) is 5.61. The van der Waals surface area contributed by atoms with Gasteiger partial charge in [-0.15, -0.1) is 0 Å². The van der Waals surface area contributed by atoms with Crippen molar-refractivity contribution in [3.63, 3.8) is 0 Å². The Labute approximate surface area is 169 Å². The van der Waals surface area contributed by atoms with Gasteiger partial charge in [0.15, 0.2) is 12.4 Å². The van der Waals surface area contributed by atoms with Gasteiger partial charge in [-0.2, -0.15) is 0 Å². The maximum atomic E-state index is 12.2. The largest absolute Gasteiger partial charge is 0.457 e. The van der Waals surface area contributed by atoms with Gasteiger partial charge < -0.3 is 9.30 Å². The molecule has 1 aromatic carbocycles. The first-order valence-electron chi connectivity index (χ1n) is 8.95. The molecule has 1 aromatic heterocycles. The molecule has 9 heteroatoms. The molecule has 0 aliphatic rings. The predicted octanol–water partition coefficient (Wildman–Crippen LogP) is 1.94. The van der Waals surface area contributed by atoms with Crippen molar-refractivity contribution in [1.29, 1.82) is 0 Å². The summed E-state index contributed by atoms with van der Waals surface area (Å²) in [6.07, 6.45) is -0.217. The molecular weight excluding hydrogens is 396 g/mol. The molecule has 0 radical (unpaired) electrons. The molecule has 0 aliphatic heterocycles. The number of rotatable bonds is 9. The predicted molar refractivity (Wildman–Crippen MR) is 106 cm³/mol. The number of ether oxygens (including phenoxy) is 1. The van der Waals surface area contributed by atoms with Crippen LogP contribution in [0.2, 0.25) is 0 Å². The van der Waals surface area contributed by atoms with E-state index in [0.29, 0.717) is 11.1 Å². The fraction of sp³-hybridized carbons (Fsp3) is 0.350. The van der Waals surface area contributed by atoms with Gasteiger partial charge in [0.25, 0.3) is 0 Å². The Morgan fingerprint density at radius 2 is 1.72 bits per heavy atom. The molecule has 1 heterocycles. The van der Waals surface area contributed by atoms with Gasteiger partial charge >= 0.3 is 5.97 Å². The molecule has 1 N–H and O–H groups in total. The number of nitrogens with zero attached hydrogens (tertiary/aromatic N) is 1. The van der Waals surface area contributed by atoms with Crippen molar-refractivity contribution >= 4 is 27.6 Å². The second kappa shape index (κ2) is 9.15. The minimum absolute atomic E-state index is 0.0130. The van der Waals surface area contributed by atoms with Gasteiger partial charge in [0.05, 0.1) is 11.3 Å². The maximum Gasteiger partial charge on any atom is 0.307 e. The Morgan fingerprint density at radius 3 is 2.24 bits per heavy atom. The standard InChI is InChI=1S/C20H24N2O6S/c1-13-11-18(14(2)22(13)4)19(24)12-28-20(25)9-10-21-29(26,27)17-7-5-16(6-8-17)15(3)23/h5-8,11,21H,9-10,12H2,1-4H3. The third-order valence-electron chi connectivity index (χ3n) is 4.63. The number of esters is 1. The van der Waals surface area contributed by atoms with Gasteiger partial charge in [0.2, 0.25) is 15.8 Å². The molecule has 0 saturated carbocycles. The number of carbonyl (C=O) groups is 3. The highest BCUT2D eigenvalue weighted by Gasteiger charge is 2.17. The molecule has 156 valence electrons. The second-order valence-corrected chi connectivity index (χ2v) is 8.42. The van der Waals surface area contributed by atoms with Gasteiger partial charge in [-0.05, 0) is 39.0 Å². The summed E-state index contributed by atoms with van der Waals surface area (Å²) < 4.78 is 33.5. The van der Waals surface area contributed by atoms with Gasteiger partial charge in [-0.1, -0.05) is 12.1 Å². The summed E-state index contributed by atoms with van der Waals surface area (Å²) in [7, 11) is -1.98. The molecular formula is C20H24N2O6S. The van der Waals surface area contributed by atoms with Crippen molar-refractivity contribution in [3.8, 4) is 0 Å². The first-order chi connectivity index (χ1) is 13.5. The van der Waals surface area contributed by atoms with Crippen LogP contribution in [0, 0.1) is 13.8 Å². The van der Waals surface area contributed by atoms with E-state index in [-0.39, 0.29) is 29.4 Å². The third-order valence-corrected chi connectivity index (χ3v) is 6.11. The Hall–Kier alpha value is -2.78. The van der Waals surface area contributed by atoms with Crippen molar-refractivity contribution < 1.29 is 27.5 Å². The monoisotopic (exact) mass is 420 g/mol. The van der Waals surface area contributed by atoms with Crippen molar-refractivity contribution in [1.82, 2.24) is 9.29 Å². The van der Waals surface area contributed by atoms with Crippen LogP contribution in [0.3, 0.4) is 0 Å². The minimum atomic E-state index is -3.82. The smallest absolute Gasteiger partial charge is 0.307 e. The maximum absolute atomic E-state index is 12.2. The van der Waals surface area contributed by atoms with E-state index in [1.165, 1.54) is 31.2 Å². The van der Waals surface area contributed by atoms with E-state index in [4.69, 9.17) is 4.74 Å². The lowest BCUT2D eigenvalue weighted by Crippen LogP contribution is -2.27. The van der Waals surface area contributed by atoms with Gasteiger partial charge in [-0.25, -0.2) is 13.1 Å². The first-order valence-corrected chi connectivity index (χ1v) is 10.4. The number of ketones is 2. The number of aromatic nitrogens is 1. The highest BCUT2D eigenvalue weighted by molar-refractivity contribution is 7.89. The van der Waals surface area contributed by atoms with Crippen LogP contribution in [-0.4, -0.2) is 43.7 Å². The number of hydrogen-bond donors (Lipinski definition) is 1. The molecule has 2 rings (SSSR count). The number of hydrogen-bond acceptors (Lipinski definition) is 6. The van der Waals surface area contributed by atoms with E-state index >= 15 is 0 Å². The zero-order chi connectivity index (χ0) is 21.8. The van der Waals surface area contributed by atoms with E-state index in [1.807, 2.05) is 18.5 Å². The van der Waals surface area contributed by atoms with Crippen LogP contribution in [0.1, 0.15) is 45.4 Å². The second-order valence-electron chi connectivity index (χ2n) is 6.66. The quantitative estimate of drug-likeness (QED) is 0.490. The Morgan fingerprint density at radius 1 is 1.10 bits per heavy atom. The summed E-state index contributed by atoms with van der Waals surface area (Å²) in [5.41, 5.74) is 2.60. The van der Waals surface area contributed by atoms with Crippen molar-refractivity contribution in [2.75, 3.05) is 13.2 Å². The van der Waals surface area contributed by atoms with Crippen LogP contribution in [-0.2, 0) is 26.6 Å². The van der Waals surface area contributed by atoms with Crippen LogP contribution in [0.4, 0.5) is 0 Å². The molecule has 0 spiro atoms. The van der Waals surface area contributed by atoms with E-state index in [9.17, 15) is 22.8 Å². The fourth-order valence-corrected chi connectivity index (χ4v) is 3.71. The summed E-state index contributed by atoms with van der Waals surface area (Å²) in [5, 5.41) is 0. The van der Waals surface area contributed by atoms with Crippen molar-refractivity contribution in [2.45, 2.75) is 32.1 Å². The van der Waals surface area contributed by atoms with Crippen molar-refractivity contribution in [2.24, 2.45) is 7.05 Å². The number of benzene rings is 1. The molecule has 8 nitrogen and oxygen atoms in total. The SMILES string of the molecule is CC(=O)c1ccc(S(=O)(=O)NCCC(=O)OCC(=O)c2cc(C)n(C)c2C)cc1. The van der Waals surface area contributed by atoms with E-state index in [2.05, 4.69) is 4.72 Å². The molecule has 0 atom stereocenters. The summed E-state index contributed by atoms with van der Waals surface area (Å²) in [5.74, 6) is -1.16. The Kier molecular flexibility index (Phi) is 7.10. The average molecular weight is 420 g/mol. The highest BCUT2D eigenvalue weighted by atomic mass is 32.2. The number of carbonyl (C=O) groups excluding carboxylic acids is 3. The van der Waals surface area contributed by atoms with E-state index < -0.39 is 22.6 Å². The lowest BCUT2D eigenvalue weighted by atomic mass is 10.1. The topological polar surface area (TPSA) is 112 Å². The average Bonchev–Trinajstić information content (AvgIpc) is 2.93. The van der Waals surface area contributed by atoms with Crippen LogP contribution >= 0.6 is 0 Å². The van der Waals surface area contributed by atoms with Gasteiger partial charge in [0, 0.05) is 36.1 Å². The molecule has 0 bridgehead atoms. The molecule has 0 saturated heterocycles. The normalized spacial score (nSPS) is 11.3. The van der Waals surface area contributed by atoms with Crippen LogP contribution in [0.25, 0.3) is 0 Å². The van der Waals surface area contributed by atoms with Crippen LogP contribution in [0.5, 0.6) is 0 Å². The Bertz CT molecular complexity index is 1040. The summed E-state index contributed by atoms with van der Waals surface area (Å²) >= 11 is 0. The lowest BCUT2D eigenvalue weighted by Gasteiger charge is -2.08. The molecule has 2 aromatic rings. The summed E-state index contributed by atoms with van der Waals surface area (Å²) in [6.45, 7) is 4.49. The lowest BCUT2D eigenvalue weighted by molar-refractivity contribution is -0.142. The molecule has 0 unspecified atom stereocenters. The van der Waals surface area contributed by atoms with E-state index in [1.54, 1.807) is 13.0 Å². The van der Waals surface area contributed by atoms with E-state index in [0.717, 1.165) is 11.4 Å². The summed E-state index contributed by atoms with van der Waals surface area (Å²) in [6, 6.07) is 7.21.